The van der Waals surface area contributed by atoms with Crippen molar-refractivity contribution in [3.63, 3.8) is 0 Å². The lowest BCUT2D eigenvalue weighted by molar-refractivity contribution is -0.143. The highest BCUT2D eigenvalue weighted by Crippen LogP contribution is 2.38. The summed E-state index contributed by atoms with van der Waals surface area (Å²) in [5.74, 6) is -0.142. The van der Waals surface area contributed by atoms with Gasteiger partial charge in [-0.1, -0.05) is 55.7 Å². The summed E-state index contributed by atoms with van der Waals surface area (Å²) in [6.45, 7) is 0. The molecule has 5 nitrogen and oxygen atoms in total. The number of carbonyl (C=O) groups excluding carboxylic acids is 2. The van der Waals surface area contributed by atoms with Crippen LogP contribution in [0.3, 0.4) is 0 Å². The predicted octanol–water partition coefficient (Wildman–Crippen LogP) is 8.47. The number of anilines is 1. The maximum atomic E-state index is 13.3. The van der Waals surface area contributed by atoms with Crippen molar-refractivity contribution in [2.75, 3.05) is 12.4 Å². The van der Waals surface area contributed by atoms with Crippen molar-refractivity contribution in [1.29, 1.82) is 0 Å². The summed E-state index contributed by atoms with van der Waals surface area (Å²) < 4.78 is 84.4. The van der Waals surface area contributed by atoms with Crippen LogP contribution >= 0.6 is 0 Å². The molecular weight excluding hydrogens is 550 g/mol. The Morgan fingerprint density at radius 1 is 0.780 bits per heavy atom. The lowest BCUT2D eigenvalue weighted by atomic mass is 9.83. The van der Waals surface area contributed by atoms with E-state index in [0.29, 0.717) is 29.2 Å². The molecule has 0 heterocycles. The molecule has 0 spiro atoms. The molecule has 4 rings (SSSR count). The Balaban J connectivity index is 1.63. The molecule has 0 aliphatic heterocycles. The largest absolute Gasteiger partial charge is 0.465 e. The second kappa shape index (κ2) is 12.2. The molecule has 41 heavy (non-hydrogen) atoms. The molecule has 2 N–H and O–H groups in total. The molecule has 0 saturated heterocycles. The minimum atomic E-state index is -5.06. The van der Waals surface area contributed by atoms with Gasteiger partial charge in [0.15, 0.2) is 0 Å². The van der Waals surface area contributed by atoms with Crippen LogP contribution in [-0.4, -0.2) is 19.1 Å². The Kier molecular flexibility index (Phi) is 8.94. The maximum absolute atomic E-state index is 13.3. The van der Waals surface area contributed by atoms with Crippen LogP contribution in [0, 0.1) is 0 Å². The van der Waals surface area contributed by atoms with Crippen LogP contribution in [0.2, 0.25) is 0 Å². The van der Waals surface area contributed by atoms with E-state index in [9.17, 15) is 35.9 Å². The van der Waals surface area contributed by atoms with Crippen LogP contribution in [-0.2, 0) is 17.1 Å². The number of amides is 2. The first kappa shape index (κ1) is 30.0. The van der Waals surface area contributed by atoms with E-state index in [1.54, 1.807) is 12.1 Å². The van der Waals surface area contributed by atoms with Crippen LogP contribution in [0.25, 0.3) is 0 Å². The number of rotatable bonds is 6. The molecule has 11 heteroatoms. The third-order valence-electron chi connectivity index (χ3n) is 7.13. The minimum absolute atomic E-state index is 0.0113. The van der Waals surface area contributed by atoms with Crippen molar-refractivity contribution >= 4 is 17.7 Å². The van der Waals surface area contributed by atoms with Gasteiger partial charge in [-0.25, -0.2) is 9.59 Å². The van der Waals surface area contributed by atoms with Crippen LogP contribution in [0.4, 0.5) is 36.8 Å². The first-order valence-corrected chi connectivity index (χ1v) is 13.0. The zero-order chi connectivity index (χ0) is 29.8. The Morgan fingerprint density at radius 3 is 1.78 bits per heavy atom. The number of halogens is 6. The van der Waals surface area contributed by atoms with Gasteiger partial charge < -0.3 is 15.4 Å². The van der Waals surface area contributed by atoms with Gasteiger partial charge >= 0.3 is 24.4 Å². The van der Waals surface area contributed by atoms with Gasteiger partial charge in [-0.3, -0.25) is 0 Å². The van der Waals surface area contributed by atoms with Gasteiger partial charge in [-0.15, -0.1) is 0 Å². The van der Waals surface area contributed by atoms with Gasteiger partial charge in [0.25, 0.3) is 0 Å². The highest BCUT2D eigenvalue weighted by Gasteiger charge is 2.37. The van der Waals surface area contributed by atoms with E-state index in [0.717, 1.165) is 31.2 Å². The number of esters is 1. The van der Waals surface area contributed by atoms with Gasteiger partial charge in [0.2, 0.25) is 0 Å². The molecule has 218 valence electrons. The van der Waals surface area contributed by atoms with Crippen molar-refractivity contribution in [2.45, 2.75) is 56.4 Å². The van der Waals surface area contributed by atoms with E-state index >= 15 is 0 Å². The molecule has 1 saturated carbocycles. The highest BCUT2D eigenvalue weighted by atomic mass is 19.4. The molecule has 1 aliphatic carbocycles. The lowest BCUT2D eigenvalue weighted by Crippen LogP contribution is -2.33. The second-order valence-electron chi connectivity index (χ2n) is 9.94. The standard InChI is InChI=1S/C30H28F6N2O3/c1-41-27(39)22-13-11-21(12-14-22)26(20-9-7-19(8-10-20)18-5-3-2-4-6-18)38-28(40)37-25-16-23(29(31,32)33)15-24(17-25)30(34,35)36/h7-18,26H,2-6H2,1H3,(H2,37,38,40). The summed E-state index contributed by atoms with van der Waals surface area (Å²) in [7, 11) is 1.23. The zero-order valence-corrected chi connectivity index (χ0v) is 22.0. The van der Waals surface area contributed by atoms with Gasteiger partial charge in [-0.2, -0.15) is 26.3 Å². The number of benzene rings is 3. The molecule has 1 atom stereocenters. The smallest absolute Gasteiger partial charge is 0.416 e. The van der Waals surface area contributed by atoms with Crippen LogP contribution in [0.5, 0.6) is 0 Å². The first-order chi connectivity index (χ1) is 19.3. The van der Waals surface area contributed by atoms with Gasteiger partial charge in [0, 0.05) is 5.69 Å². The number of methoxy groups -OCH3 is 1. The summed E-state index contributed by atoms with van der Waals surface area (Å²) in [5, 5.41) is 4.76. The van der Waals surface area contributed by atoms with E-state index in [2.05, 4.69) is 10.6 Å². The molecule has 1 aliphatic rings. The van der Waals surface area contributed by atoms with Crippen molar-refractivity contribution in [2.24, 2.45) is 0 Å². The fourth-order valence-electron chi connectivity index (χ4n) is 5.01. The molecule has 1 fully saturated rings. The van der Waals surface area contributed by atoms with Crippen LogP contribution in [0.1, 0.15) is 82.2 Å². The minimum Gasteiger partial charge on any atom is -0.465 e. The second-order valence-corrected chi connectivity index (χ2v) is 9.94. The normalized spacial score (nSPS) is 15.2. The van der Waals surface area contributed by atoms with E-state index in [1.165, 1.54) is 25.7 Å². The fourth-order valence-corrected chi connectivity index (χ4v) is 5.01. The molecule has 0 aromatic heterocycles. The SMILES string of the molecule is COC(=O)c1ccc(C(NC(=O)Nc2cc(C(F)(F)F)cc(C(F)(F)F)c2)c2ccc(C3CCCCC3)cc2)cc1. The Morgan fingerprint density at radius 2 is 1.29 bits per heavy atom. The summed E-state index contributed by atoms with van der Waals surface area (Å²) >= 11 is 0. The molecule has 3 aromatic carbocycles. The number of alkyl halides is 6. The van der Waals surface area contributed by atoms with E-state index in [4.69, 9.17) is 4.74 Å². The van der Waals surface area contributed by atoms with E-state index in [1.807, 2.05) is 24.3 Å². The Hall–Kier alpha value is -4.02. The first-order valence-electron chi connectivity index (χ1n) is 13.0. The predicted molar refractivity (Wildman–Crippen MR) is 140 cm³/mol. The molecule has 0 bridgehead atoms. The summed E-state index contributed by atoms with van der Waals surface area (Å²) in [4.78, 5) is 24.8. The highest BCUT2D eigenvalue weighted by molar-refractivity contribution is 5.90. The fraction of sp³-hybridized carbons (Fsp3) is 0.333. The number of ether oxygens (including phenoxy) is 1. The van der Waals surface area contributed by atoms with Crippen LogP contribution in [0.15, 0.2) is 66.7 Å². The van der Waals surface area contributed by atoms with Crippen molar-refractivity contribution < 1.29 is 40.7 Å². The topological polar surface area (TPSA) is 67.4 Å². The molecule has 0 radical (unpaired) electrons. The lowest BCUT2D eigenvalue weighted by Gasteiger charge is -2.24. The molecule has 1 unspecified atom stereocenters. The number of carbonyl (C=O) groups is 2. The number of hydrogen-bond donors (Lipinski definition) is 2. The quantitative estimate of drug-likeness (QED) is 0.228. The zero-order valence-electron chi connectivity index (χ0n) is 22.0. The number of urea groups is 1. The van der Waals surface area contributed by atoms with Crippen LogP contribution < -0.4 is 10.6 Å². The summed E-state index contributed by atoms with van der Waals surface area (Å²) in [6, 6.07) is 12.7. The van der Waals surface area contributed by atoms with Crippen molar-refractivity contribution in [3.05, 3.63) is 100 Å². The van der Waals surface area contributed by atoms with E-state index in [-0.39, 0.29) is 11.6 Å². The monoisotopic (exact) mass is 578 g/mol. The number of nitrogens with one attached hydrogen (secondary N) is 2. The van der Waals surface area contributed by atoms with Gasteiger partial charge in [0.05, 0.1) is 29.8 Å². The summed E-state index contributed by atoms with van der Waals surface area (Å²) in [5.41, 5.74) is -1.19. The molecular formula is C30H28F6N2O3. The van der Waals surface area contributed by atoms with E-state index < -0.39 is 47.2 Å². The Bertz CT molecular complexity index is 1330. The third-order valence-corrected chi connectivity index (χ3v) is 7.13. The van der Waals surface area contributed by atoms with Gasteiger partial charge in [0.1, 0.15) is 0 Å². The molecule has 2 amide bonds. The average molecular weight is 579 g/mol. The summed E-state index contributed by atoms with van der Waals surface area (Å²) in [6.07, 6.45) is -4.46. The van der Waals surface area contributed by atoms with Crippen molar-refractivity contribution in [3.8, 4) is 0 Å². The van der Waals surface area contributed by atoms with Crippen molar-refractivity contribution in [1.82, 2.24) is 5.32 Å². The van der Waals surface area contributed by atoms with Gasteiger partial charge in [-0.05, 0) is 65.8 Å². The Labute approximate surface area is 232 Å². The molecule has 3 aromatic rings. The maximum Gasteiger partial charge on any atom is 0.416 e. The third kappa shape index (κ3) is 7.59. The average Bonchev–Trinajstić information content (AvgIpc) is 2.95. The number of hydrogen-bond acceptors (Lipinski definition) is 3.